The number of piperidine rings is 1. The molecule has 0 aromatic rings. The van der Waals surface area contributed by atoms with Gasteiger partial charge in [0, 0.05) is 39.3 Å². The highest BCUT2D eigenvalue weighted by molar-refractivity contribution is 5.07. The highest BCUT2D eigenvalue weighted by Gasteiger charge is 2.17. The van der Waals surface area contributed by atoms with E-state index in [0.717, 1.165) is 26.0 Å². The van der Waals surface area contributed by atoms with E-state index in [1.807, 2.05) is 0 Å². The van der Waals surface area contributed by atoms with E-state index in [1.165, 1.54) is 44.7 Å². The van der Waals surface area contributed by atoms with Crippen molar-refractivity contribution >= 4 is 0 Å². The number of hydrogen-bond acceptors (Lipinski definition) is 4. The minimum atomic E-state index is 0.441. The summed E-state index contributed by atoms with van der Waals surface area (Å²) in [5.41, 5.74) is 7.38. The molecule has 0 atom stereocenters. The van der Waals surface area contributed by atoms with Crippen molar-refractivity contribution in [3.05, 3.63) is 11.6 Å². The first-order valence-corrected chi connectivity index (χ1v) is 7.15. The summed E-state index contributed by atoms with van der Waals surface area (Å²) < 4.78 is 5.17. The molecule has 104 valence electrons. The monoisotopic (exact) mass is 253 g/mol. The first-order valence-electron chi connectivity index (χ1n) is 7.15. The van der Waals surface area contributed by atoms with Crippen LogP contribution in [0.15, 0.2) is 11.6 Å². The van der Waals surface area contributed by atoms with Gasteiger partial charge >= 0.3 is 0 Å². The Hall–Kier alpha value is -0.420. The number of nitrogens with two attached hydrogens (primary N) is 1. The lowest BCUT2D eigenvalue weighted by molar-refractivity contribution is 0.173. The second-order valence-electron chi connectivity index (χ2n) is 5.53. The Balaban J connectivity index is 1.63. The molecule has 0 radical (unpaired) electrons. The molecule has 0 aromatic carbocycles. The zero-order chi connectivity index (χ0) is 12.8. The van der Waals surface area contributed by atoms with Crippen LogP contribution in [0.1, 0.15) is 19.3 Å². The summed E-state index contributed by atoms with van der Waals surface area (Å²) >= 11 is 0. The third kappa shape index (κ3) is 4.35. The molecule has 0 saturated carbocycles. The molecule has 0 bridgehead atoms. The lowest BCUT2D eigenvalue weighted by Gasteiger charge is -2.33. The summed E-state index contributed by atoms with van der Waals surface area (Å²) in [7, 11) is 1.77. The smallest absolute Gasteiger partial charge is 0.0673 e. The number of methoxy groups -OCH3 is 1. The van der Waals surface area contributed by atoms with E-state index in [4.69, 9.17) is 10.5 Å². The predicted octanol–water partition coefficient (Wildman–Crippen LogP) is 0.688. The Morgan fingerprint density at radius 3 is 2.56 bits per heavy atom. The van der Waals surface area contributed by atoms with Gasteiger partial charge in [0.2, 0.25) is 0 Å². The van der Waals surface area contributed by atoms with Gasteiger partial charge in [0.15, 0.2) is 0 Å². The lowest BCUT2D eigenvalue weighted by Crippen LogP contribution is -2.43. The van der Waals surface area contributed by atoms with Gasteiger partial charge in [0.05, 0.1) is 6.61 Å². The summed E-state index contributed by atoms with van der Waals surface area (Å²) in [6.07, 6.45) is 5.83. The molecular formula is C14H27N3O. The van der Waals surface area contributed by atoms with Gasteiger partial charge in [0.25, 0.3) is 0 Å². The van der Waals surface area contributed by atoms with E-state index < -0.39 is 0 Å². The molecule has 0 amide bonds. The van der Waals surface area contributed by atoms with Crippen molar-refractivity contribution in [3.63, 3.8) is 0 Å². The fraction of sp³-hybridized carbons (Fsp3) is 0.857. The molecule has 2 heterocycles. The average molecular weight is 253 g/mol. The third-order valence-corrected chi connectivity index (χ3v) is 4.08. The van der Waals surface area contributed by atoms with Crippen molar-refractivity contribution in [2.24, 2.45) is 5.73 Å². The number of likely N-dealkylation sites (tertiary alicyclic amines) is 1. The number of nitrogens with zero attached hydrogens (tertiary/aromatic N) is 2. The first-order chi connectivity index (χ1) is 8.78. The molecule has 2 aliphatic rings. The Morgan fingerprint density at radius 2 is 1.94 bits per heavy atom. The van der Waals surface area contributed by atoms with Crippen LogP contribution in [-0.4, -0.2) is 68.8 Å². The van der Waals surface area contributed by atoms with Crippen LogP contribution in [0.4, 0.5) is 0 Å². The van der Waals surface area contributed by atoms with Crippen molar-refractivity contribution in [2.45, 2.75) is 25.3 Å². The molecule has 0 aliphatic carbocycles. The molecule has 4 heteroatoms. The molecule has 1 fully saturated rings. The summed E-state index contributed by atoms with van der Waals surface area (Å²) in [6.45, 7) is 7.82. The summed E-state index contributed by atoms with van der Waals surface area (Å²) in [5, 5.41) is 0. The van der Waals surface area contributed by atoms with Crippen LogP contribution < -0.4 is 5.73 Å². The fourth-order valence-corrected chi connectivity index (χ4v) is 2.73. The zero-order valence-electron chi connectivity index (χ0n) is 11.6. The quantitative estimate of drug-likeness (QED) is 0.732. The second-order valence-corrected chi connectivity index (χ2v) is 5.53. The van der Waals surface area contributed by atoms with Crippen molar-refractivity contribution in [3.8, 4) is 0 Å². The third-order valence-electron chi connectivity index (χ3n) is 4.08. The Morgan fingerprint density at radius 1 is 1.22 bits per heavy atom. The maximum atomic E-state index is 5.92. The highest BCUT2D eigenvalue weighted by Crippen LogP contribution is 2.12. The molecule has 2 N–H and O–H groups in total. The summed E-state index contributed by atoms with van der Waals surface area (Å²) in [4.78, 5) is 5.09. The molecule has 2 aliphatic heterocycles. The maximum Gasteiger partial charge on any atom is 0.0673 e. The first kappa shape index (κ1) is 14.0. The molecule has 4 nitrogen and oxygen atoms in total. The topological polar surface area (TPSA) is 41.7 Å². The number of rotatable bonds is 5. The van der Waals surface area contributed by atoms with E-state index >= 15 is 0 Å². The second kappa shape index (κ2) is 7.24. The minimum Gasteiger partial charge on any atom is -0.380 e. The van der Waals surface area contributed by atoms with Gasteiger partial charge < -0.3 is 15.4 Å². The van der Waals surface area contributed by atoms with Crippen molar-refractivity contribution in [2.75, 3.05) is 53.0 Å². The summed E-state index contributed by atoms with van der Waals surface area (Å²) in [5.74, 6) is 0. The SMILES string of the molecule is COCC1=CCN(CCN2CCC(N)CC2)CC1. The number of ether oxygens (including phenoxy) is 1. The van der Waals surface area contributed by atoms with Crippen LogP contribution in [0, 0.1) is 0 Å². The molecule has 18 heavy (non-hydrogen) atoms. The van der Waals surface area contributed by atoms with Crippen LogP contribution in [0.3, 0.4) is 0 Å². The largest absolute Gasteiger partial charge is 0.380 e. The molecule has 0 spiro atoms. The Bertz CT molecular complexity index is 272. The average Bonchev–Trinajstić information content (AvgIpc) is 2.40. The predicted molar refractivity (Wildman–Crippen MR) is 74.7 cm³/mol. The molecular weight excluding hydrogens is 226 g/mol. The van der Waals surface area contributed by atoms with Crippen LogP contribution in [0.5, 0.6) is 0 Å². The Labute approximate surface area is 111 Å². The van der Waals surface area contributed by atoms with Crippen molar-refractivity contribution < 1.29 is 4.74 Å². The standard InChI is InChI=1S/C14H27N3O/c1-18-12-13-2-6-16(7-3-13)10-11-17-8-4-14(15)5-9-17/h2,14H,3-12,15H2,1H3. The Kier molecular flexibility index (Phi) is 5.63. The van der Waals surface area contributed by atoms with Gasteiger partial charge in [-0.2, -0.15) is 0 Å². The van der Waals surface area contributed by atoms with Gasteiger partial charge in [-0.15, -0.1) is 0 Å². The fourth-order valence-electron chi connectivity index (χ4n) is 2.73. The molecule has 2 rings (SSSR count). The molecule has 0 unspecified atom stereocenters. The zero-order valence-corrected chi connectivity index (χ0v) is 11.6. The van der Waals surface area contributed by atoms with Crippen molar-refractivity contribution in [1.29, 1.82) is 0 Å². The molecule has 0 aromatic heterocycles. The van der Waals surface area contributed by atoms with E-state index in [1.54, 1.807) is 7.11 Å². The molecule has 1 saturated heterocycles. The van der Waals surface area contributed by atoms with Crippen molar-refractivity contribution in [1.82, 2.24) is 9.80 Å². The normalized spacial score (nSPS) is 24.2. The summed E-state index contributed by atoms with van der Waals surface area (Å²) in [6, 6.07) is 0.441. The van der Waals surface area contributed by atoms with Gasteiger partial charge in [-0.3, -0.25) is 4.90 Å². The van der Waals surface area contributed by atoms with Gasteiger partial charge in [-0.25, -0.2) is 0 Å². The van der Waals surface area contributed by atoms with Crippen LogP contribution in [-0.2, 0) is 4.74 Å². The number of hydrogen-bond donors (Lipinski definition) is 1. The van der Waals surface area contributed by atoms with E-state index in [0.29, 0.717) is 6.04 Å². The van der Waals surface area contributed by atoms with Crippen LogP contribution in [0.25, 0.3) is 0 Å². The van der Waals surface area contributed by atoms with Crippen LogP contribution >= 0.6 is 0 Å². The van der Waals surface area contributed by atoms with Gasteiger partial charge in [-0.1, -0.05) is 6.08 Å². The van der Waals surface area contributed by atoms with E-state index in [2.05, 4.69) is 15.9 Å². The van der Waals surface area contributed by atoms with E-state index in [9.17, 15) is 0 Å². The maximum absolute atomic E-state index is 5.92. The van der Waals surface area contributed by atoms with E-state index in [-0.39, 0.29) is 0 Å². The van der Waals surface area contributed by atoms with Gasteiger partial charge in [-0.05, 0) is 37.9 Å². The highest BCUT2D eigenvalue weighted by atomic mass is 16.5. The minimum absolute atomic E-state index is 0.441. The van der Waals surface area contributed by atoms with Crippen LogP contribution in [0.2, 0.25) is 0 Å². The van der Waals surface area contributed by atoms with Gasteiger partial charge in [0.1, 0.15) is 0 Å². The lowest BCUT2D eigenvalue weighted by atomic mass is 10.1.